The first kappa shape index (κ1) is 41.1. The molecule has 0 aliphatic carbocycles. The molecule has 3 heterocycles. The SMILES string of the molecule is C[Si]1(C)c2cc(N(c3ccccc3-c3ccccc3)c3cccc4c3oc3ccccc34)ccc2-c2ccc(N(c3ccc4c(c3)oc3ccccc34)c3ccccc3-c3ccccc3)c3cccc1c23. The van der Waals surface area contributed by atoms with Crippen molar-refractivity contribution in [2.24, 2.45) is 0 Å². The molecule has 0 atom stereocenters. The van der Waals surface area contributed by atoms with Gasteiger partial charge in [-0.2, -0.15) is 0 Å². The lowest BCUT2D eigenvalue weighted by Gasteiger charge is -2.37. The number of hydrogen-bond donors (Lipinski definition) is 0. The average Bonchev–Trinajstić information content (AvgIpc) is 4.00. The number of fused-ring (bicyclic) bond motifs is 8. The summed E-state index contributed by atoms with van der Waals surface area (Å²) in [7, 11) is -2.42. The van der Waals surface area contributed by atoms with Gasteiger partial charge in [0.2, 0.25) is 0 Å². The minimum atomic E-state index is -2.42. The fourth-order valence-electron chi connectivity index (χ4n) is 11.5. The molecule has 0 radical (unpaired) electrons. The second-order valence-electron chi connectivity index (χ2n) is 19.2. The Morgan fingerprint density at radius 2 is 0.817 bits per heavy atom. The van der Waals surface area contributed by atoms with Crippen LogP contribution < -0.4 is 20.2 Å². The Kier molecular flexibility index (Phi) is 9.32. The molecule has 4 nitrogen and oxygen atoms in total. The van der Waals surface area contributed by atoms with Gasteiger partial charge in [-0.3, -0.25) is 0 Å². The van der Waals surface area contributed by atoms with Gasteiger partial charge in [0.15, 0.2) is 5.58 Å². The molecule has 11 aromatic carbocycles. The highest BCUT2D eigenvalue weighted by Crippen LogP contribution is 2.49. The van der Waals surface area contributed by atoms with Crippen LogP contribution in [0.15, 0.2) is 251 Å². The predicted molar refractivity (Wildman–Crippen MR) is 301 cm³/mol. The maximum atomic E-state index is 6.81. The Balaban J connectivity index is 0.981. The van der Waals surface area contributed by atoms with E-state index in [0.29, 0.717) is 0 Å². The summed E-state index contributed by atoms with van der Waals surface area (Å²) in [6, 6.07) is 87.9. The topological polar surface area (TPSA) is 32.8 Å². The fourth-order valence-corrected chi connectivity index (χ4v) is 14.6. The summed E-state index contributed by atoms with van der Waals surface area (Å²) in [5, 5.41) is 9.82. The van der Waals surface area contributed by atoms with Crippen LogP contribution in [0.3, 0.4) is 0 Å². The summed E-state index contributed by atoms with van der Waals surface area (Å²) in [4.78, 5) is 4.88. The highest BCUT2D eigenvalue weighted by atomic mass is 28.3. The Morgan fingerprint density at radius 3 is 1.54 bits per heavy atom. The summed E-state index contributed by atoms with van der Waals surface area (Å²) in [5.74, 6) is 0. The Bertz CT molecular complexity index is 4230. The Morgan fingerprint density at radius 1 is 0.310 bits per heavy atom. The van der Waals surface area contributed by atoms with Crippen LogP contribution in [0.5, 0.6) is 0 Å². The molecule has 1 aliphatic rings. The highest BCUT2D eigenvalue weighted by Gasteiger charge is 2.37. The zero-order chi connectivity index (χ0) is 47.2. The van der Waals surface area contributed by atoms with Crippen LogP contribution in [-0.4, -0.2) is 8.07 Å². The Hall–Kier alpha value is -8.90. The second kappa shape index (κ2) is 16.1. The van der Waals surface area contributed by atoms with E-state index in [9.17, 15) is 0 Å². The van der Waals surface area contributed by atoms with Crippen molar-refractivity contribution >= 4 is 107 Å². The van der Waals surface area contributed by atoms with Crippen LogP contribution in [0.4, 0.5) is 34.1 Å². The van der Waals surface area contributed by atoms with E-state index in [1.54, 1.807) is 0 Å². The van der Waals surface area contributed by atoms with E-state index in [0.717, 1.165) is 100 Å². The molecule has 0 N–H and O–H groups in total. The Labute approximate surface area is 412 Å². The molecule has 2 aromatic heterocycles. The van der Waals surface area contributed by atoms with Crippen LogP contribution in [0.25, 0.3) is 88.0 Å². The molecule has 0 unspecified atom stereocenters. The smallest absolute Gasteiger partial charge is 0.159 e. The number of furan rings is 2. The monoisotopic (exact) mass is 926 g/mol. The van der Waals surface area contributed by atoms with Crippen LogP contribution >= 0.6 is 0 Å². The number of rotatable bonds is 8. The van der Waals surface area contributed by atoms with Gasteiger partial charge < -0.3 is 18.6 Å². The van der Waals surface area contributed by atoms with E-state index in [4.69, 9.17) is 8.83 Å². The standard InChI is InChI=1S/C66H46N2O2Si/c1-71(2)63-34-18-28-55-58(67(56-29-13-9-23-47(56)43-19-5-3-6-20-43)45-35-37-51-49-25-11-15-32-60(49)69-62(51)41-45)40-39-53(65(55)63)52-38-36-46(42-64(52)71)68(57-30-14-10-24-48(57)44-21-7-4-8-22-44)59-31-17-27-54-50-26-12-16-33-61(50)70-66(54)59/h3-42H,1-2H3. The molecule has 5 heteroatoms. The van der Waals surface area contributed by atoms with Crippen molar-refractivity contribution in [1.29, 1.82) is 0 Å². The number of hydrogen-bond acceptors (Lipinski definition) is 4. The minimum Gasteiger partial charge on any atom is -0.456 e. The van der Waals surface area contributed by atoms with E-state index in [-0.39, 0.29) is 0 Å². The van der Waals surface area contributed by atoms with Crippen molar-refractivity contribution in [3.63, 3.8) is 0 Å². The van der Waals surface area contributed by atoms with Crippen molar-refractivity contribution < 1.29 is 8.83 Å². The third kappa shape index (κ3) is 6.43. The molecule has 0 amide bonds. The second-order valence-corrected chi connectivity index (χ2v) is 23.5. The van der Waals surface area contributed by atoms with Crippen LogP contribution in [0, 0.1) is 0 Å². The summed E-state index contributed by atoms with van der Waals surface area (Å²) in [6.07, 6.45) is 0. The van der Waals surface area contributed by atoms with Crippen molar-refractivity contribution in [1.82, 2.24) is 0 Å². The molecule has 0 fully saturated rings. The molecule has 0 bridgehead atoms. The normalized spacial score (nSPS) is 12.8. The number of para-hydroxylation sites is 5. The van der Waals surface area contributed by atoms with Crippen LogP contribution in [0.2, 0.25) is 13.1 Å². The molecule has 336 valence electrons. The third-order valence-electron chi connectivity index (χ3n) is 14.9. The number of anilines is 6. The van der Waals surface area contributed by atoms with Gasteiger partial charge in [-0.25, -0.2) is 0 Å². The first-order valence-electron chi connectivity index (χ1n) is 24.4. The molecule has 13 aromatic rings. The lowest BCUT2D eigenvalue weighted by molar-refractivity contribution is 0.668. The van der Waals surface area contributed by atoms with Crippen LogP contribution in [-0.2, 0) is 0 Å². The van der Waals surface area contributed by atoms with E-state index < -0.39 is 8.07 Å². The van der Waals surface area contributed by atoms with Gasteiger partial charge in [0.05, 0.1) is 22.7 Å². The molecular formula is C66H46N2O2Si. The zero-order valence-electron chi connectivity index (χ0n) is 39.3. The van der Waals surface area contributed by atoms with Gasteiger partial charge in [0, 0.05) is 55.5 Å². The first-order valence-corrected chi connectivity index (χ1v) is 27.4. The molecular weight excluding hydrogens is 881 g/mol. The molecule has 71 heavy (non-hydrogen) atoms. The predicted octanol–water partition coefficient (Wildman–Crippen LogP) is 17.7. The van der Waals surface area contributed by atoms with Gasteiger partial charge in [0.1, 0.15) is 24.8 Å². The molecule has 0 spiro atoms. The lowest BCUT2D eigenvalue weighted by atomic mass is 9.94. The first-order chi connectivity index (χ1) is 35.0. The average molecular weight is 927 g/mol. The van der Waals surface area contributed by atoms with Crippen molar-refractivity contribution in [3.05, 3.63) is 243 Å². The minimum absolute atomic E-state index is 0.865. The largest absolute Gasteiger partial charge is 0.456 e. The summed E-state index contributed by atoms with van der Waals surface area (Å²) < 4.78 is 13.4. The summed E-state index contributed by atoms with van der Waals surface area (Å²) in [5.41, 5.74) is 17.1. The van der Waals surface area contributed by atoms with Gasteiger partial charge in [-0.05, 0) is 98.7 Å². The lowest BCUT2D eigenvalue weighted by Crippen LogP contribution is -2.56. The highest BCUT2D eigenvalue weighted by molar-refractivity contribution is 7.03. The molecule has 0 saturated heterocycles. The molecule has 1 aliphatic heterocycles. The van der Waals surface area contributed by atoms with E-state index in [1.165, 1.54) is 32.3 Å². The number of benzene rings is 11. The fraction of sp³-hybridized carbons (Fsp3) is 0.0303. The third-order valence-corrected chi connectivity index (χ3v) is 18.4. The maximum Gasteiger partial charge on any atom is 0.159 e. The van der Waals surface area contributed by atoms with Crippen molar-refractivity contribution in [2.45, 2.75) is 13.1 Å². The maximum absolute atomic E-state index is 6.81. The van der Waals surface area contributed by atoms with Gasteiger partial charge in [-0.1, -0.05) is 189 Å². The molecule has 0 saturated carbocycles. The van der Waals surface area contributed by atoms with E-state index in [1.807, 2.05) is 12.1 Å². The number of nitrogens with zero attached hydrogens (tertiary/aromatic N) is 2. The summed E-state index contributed by atoms with van der Waals surface area (Å²) in [6.45, 7) is 5.06. The zero-order valence-corrected chi connectivity index (χ0v) is 40.3. The summed E-state index contributed by atoms with van der Waals surface area (Å²) >= 11 is 0. The van der Waals surface area contributed by atoms with Gasteiger partial charge >= 0.3 is 0 Å². The molecule has 14 rings (SSSR count). The van der Waals surface area contributed by atoms with Gasteiger partial charge in [0.25, 0.3) is 0 Å². The quantitative estimate of drug-likeness (QED) is 0.142. The van der Waals surface area contributed by atoms with Crippen molar-refractivity contribution in [3.8, 4) is 33.4 Å². The van der Waals surface area contributed by atoms with Gasteiger partial charge in [-0.15, -0.1) is 0 Å². The van der Waals surface area contributed by atoms with E-state index >= 15 is 0 Å². The van der Waals surface area contributed by atoms with Crippen LogP contribution in [0.1, 0.15) is 0 Å². The van der Waals surface area contributed by atoms with Crippen molar-refractivity contribution in [2.75, 3.05) is 9.80 Å². The van der Waals surface area contributed by atoms with E-state index in [2.05, 4.69) is 253 Å².